The molecule has 0 spiro atoms. The van der Waals surface area contributed by atoms with Crippen LogP contribution in [0.4, 0.5) is 14.0 Å². The highest BCUT2D eigenvalue weighted by atomic mass is 19.1. The van der Waals surface area contributed by atoms with Gasteiger partial charge in [-0.2, -0.15) is 0 Å². The minimum absolute atomic E-state index is 0.274. The number of hydrogen-bond acceptors (Lipinski definition) is 8. The Morgan fingerprint density at radius 3 is 1.33 bits per heavy atom. The predicted octanol–water partition coefficient (Wildman–Crippen LogP) is 4.56. The largest absolute Gasteiger partial charge is 0.465 e. The number of carboxylic acid groups (broad SMARTS) is 2. The van der Waals surface area contributed by atoms with Crippen molar-refractivity contribution in [2.75, 3.05) is 13.1 Å². The van der Waals surface area contributed by atoms with Crippen LogP contribution in [0, 0.1) is 5.82 Å². The Morgan fingerprint density at radius 1 is 0.617 bits per heavy atom. The first-order valence-corrected chi connectivity index (χ1v) is 19.9. The van der Waals surface area contributed by atoms with Crippen LogP contribution in [0.3, 0.4) is 0 Å². The molecule has 4 aliphatic carbocycles. The molecule has 0 radical (unpaired) electrons. The fourth-order valence-corrected chi connectivity index (χ4v) is 11.6. The minimum Gasteiger partial charge on any atom is -0.465 e. The quantitative estimate of drug-likeness (QED) is 0.124. The van der Waals surface area contributed by atoms with E-state index in [9.17, 15) is 43.4 Å². The van der Waals surface area contributed by atoms with E-state index in [2.05, 4.69) is 10.6 Å². The number of likely N-dealkylation sites (tertiary alicyclic amines) is 2. The number of fused-ring (bicyclic) bond motifs is 6. The molecule has 1 aromatic heterocycles. The number of nitrogens with two attached hydrogens (primary N) is 2. The Balaban J connectivity index is 1.34. The molecule has 10 rings (SSSR count). The van der Waals surface area contributed by atoms with E-state index in [0.717, 1.165) is 0 Å². The summed E-state index contributed by atoms with van der Waals surface area (Å²) in [6.45, 7) is 4.14. The molecule has 6 amide bonds. The highest BCUT2D eigenvalue weighted by Crippen LogP contribution is 2.59. The molecule has 0 saturated carbocycles. The number of benzene rings is 3. The lowest BCUT2D eigenvalue weighted by Crippen LogP contribution is -2.68. The molecule has 6 aliphatic rings. The molecule has 2 aliphatic heterocycles. The third-order valence-corrected chi connectivity index (χ3v) is 13.7. The normalized spacial score (nSPS) is 28.1. The van der Waals surface area contributed by atoms with Gasteiger partial charge in [-0.1, -0.05) is 62.4 Å². The Morgan fingerprint density at radius 2 is 0.983 bits per heavy atom. The van der Waals surface area contributed by atoms with Gasteiger partial charge in [0.25, 0.3) is 11.8 Å². The highest BCUT2D eigenvalue weighted by Gasteiger charge is 2.66. The van der Waals surface area contributed by atoms with Gasteiger partial charge in [-0.05, 0) is 84.3 Å². The van der Waals surface area contributed by atoms with Crippen LogP contribution in [-0.2, 0) is 41.1 Å². The van der Waals surface area contributed by atoms with E-state index >= 15 is 0 Å². The van der Waals surface area contributed by atoms with E-state index in [1.54, 1.807) is 50.2 Å². The summed E-state index contributed by atoms with van der Waals surface area (Å²) in [6.07, 6.45) is -1.52. The summed E-state index contributed by atoms with van der Waals surface area (Å²) in [5.41, 5.74) is 9.82. The van der Waals surface area contributed by atoms with Crippen molar-refractivity contribution in [3.8, 4) is 5.69 Å². The topological polar surface area (TPSA) is 230 Å². The minimum atomic E-state index is -1.72. The molecule has 2 saturated heterocycles. The Labute approximate surface area is 344 Å². The lowest BCUT2D eigenvalue weighted by atomic mass is 9.56. The first kappa shape index (κ1) is 40.4. The fourth-order valence-electron chi connectivity index (χ4n) is 11.6. The molecule has 2 fully saturated rings. The second-order valence-electron chi connectivity index (χ2n) is 16.7. The molecule has 6 atom stereocenters. The van der Waals surface area contributed by atoms with Gasteiger partial charge in [0, 0.05) is 53.8 Å². The average molecular weight is 820 g/mol. The number of nitrogens with zero attached hydrogens (tertiary/aromatic N) is 3. The lowest BCUT2D eigenvalue weighted by Gasteiger charge is -2.56. The molecule has 4 aromatic rings. The zero-order valence-corrected chi connectivity index (χ0v) is 33.1. The molecule has 16 heteroatoms. The molecule has 4 bridgehead atoms. The molecule has 3 aromatic carbocycles. The summed E-state index contributed by atoms with van der Waals surface area (Å²) in [6, 6.07) is 22.8. The molecule has 3 heterocycles. The summed E-state index contributed by atoms with van der Waals surface area (Å²) >= 11 is 0. The summed E-state index contributed by atoms with van der Waals surface area (Å²) < 4.78 is 16.6. The number of rotatable bonds is 11. The van der Waals surface area contributed by atoms with Gasteiger partial charge in [-0.25, -0.2) is 14.0 Å². The van der Waals surface area contributed by atoms with E-state index in [1.807, 2.05) is 50.8 Å². The first-order chi connectivity index (χ1) is 28.5. The third-order valence-electron chi connectivity index (χ3n) is 13.7. The molecule has 4 unspecified atom stereocenters. The summed E-state index contributed by atoms with van der Waals surface area (Å²) in [5.74, 6) is -3.51. The van der Waals surface area contributed by atoms with Crippen LogP contribution < -0.4 is 22.1 Å². The third kappa shape index (κ3) is 5.68. The van der Waals surface area contributed by atoms with E-state index in [-0.39, 0.29) is 12.8 Å². The van der Waals surface area contributed by atoms with Gasteiger partial charge >= 0.3 is 12.2 Å². The summed E-state index contributed by atoms with van der Waals surface area (Å²) in [5, 5.41) is 24.1. The van der Waals surface area contributed by atoms with Gasteiger partial charge in [0.1, 0.15) is 16.9 Å². The summed E-state index contributed by atoms with van der Waals surface area (Å²) in [4.78, 5) is 83.5. The average Bonchev–Trinajstić information content (AvgIpc) is 3.95. The van der Waals surface area contributed by atoms with Crippen molar-refractivity contribution in [1.29, 1.82) is 0 Å². The summed E-state index contributed by atoms with van der Waals surface area (Å²) in [7, 11) is 0. The predicted molar refractivity (Wildman–Crippen MR) is 214 cm³/mol. The van der Waals surface area contributed by atoms with Crippen LogP contribution >= 0.6 is 0 Å². The van der Waals surface area contributed by atoms with Gasteiger partial charge in [0.2, 0.25) is 11.8 Å². The number of halogens is 1. The van der Waals surface area contributed by atoms with Crippen molar-refractivity contribution in [3.63, 3.8) is 0 Å². The van der Waals surface area contributed by atoms with Crippen LogP contribution in [0.15, 0.2) is 84.9 Å². The van der Waals surface area contributed by atoms with Crippen LogP contribution in [0.25, 0.3) is 5.69 Å². The van der Waals surface area contributed by atoms with Gasteiger partial charge in [0.15, 0.2) is 0 Å². The van der Waals surface area contributed by atoms with Gasteiger partial charge in [0.05, 0.1) is 12.1 Å². The lowest BCUT2D eigenvalue weighted by molar-refractivity contribution is -0.144. The number of imide groups is 2. The number of primary amides is 2. The number of nitrogens with one attached hydrogen (secondary N) is 2. The maximum atomic E-state index is 14.7. The zero-order valence-electron chi connectivity index (χ0n) is 33.1. The molecular weight excluding hydrogens is 774 g/mol. The van der Waals surface area contributed by atoms with E-state index < -0.39 is 75.6 Å². The second-order valence-corrected chi connectivity index (χ2v) is 16.7. The standard InChI is InChI=1S/C44H46FN7O8/c1-41(23-35(46)53)25-7-11-27(12-8-25)43(41,37(55)48-39(57)58)50-21-3-5-31(50)33-19-20-34(52(33)30-17-15-29(45)16-18-30)32-6-4-22-51(32)44(38(56)49-40(59)60)28-13-9-26(10-14-28)42(44,2)24-36(47)54/h7-20,31-32H,3-6,21-24H2,1-2H3,(H2,46,53)(H2,47,54)(H,48,55)(H,49,56)(H,57,58)(H,59,60)/t31?,32?,41?,42?,43-,44-/m1/s1. The number of hydrogen-bond donors (Lipinski definition) is 6. The smallest absolute Gasteiger partial charge is 0.411 e. The highest BCUT2D eigenvalue weighted by molar-refractivity contribution is 6.01. The SMILES string of the molecule is CC1(CC(N)=O)c2ccc(cc2)[C@]1(C(=O)NC(=O)O)N1CCCC1c1ccc(C2CCCN2[C@@]2(C(=O)NC(=O)O)c3ccc(cc3)C2(C)CC(N)=O)n1-c1ccc(F)cc1. The number of carbonyl (C=O) groups is 6. The maximum Gasteiger partial charge on any atom is 0.411 e. The monoisotopic (exact) mass is 819 g/mol. The van der Waals surface area contributed by atoms with Gasteiger partial charge in [-0.3, -0.25) is 39.6 Å². The van der Waals surface area contributed by atoms with Crippen LogP contribution in [-0.4, -0.2) is 73.5 Å². The molecule has 312 valence electrons. The van der Waals surface area contributed by atoms with Crippen molar-refractivity contribution in [1.82, 2.24) is 25.0 Å². The molecular formula is C44H46FN7O8. The second kappa shape index (κ2) is 14.4. The van der Waals surface area contributed by atoms with Crippen molar-refractivity contribution >= 4 is 35.8 Å². The van der Waals surface area contributed by atoms with Crippen molar-refractivity contribution in [2.45, 2.75) is 86.4 Å². The fraction of sp³-hybridized carbons (Fsp3) is 0.364. The van der Waals surface area contributed by atoms with Crippen LogP contribution in [0.5, 0.6) is 0 Å². The maximum absolute atomic E-state index is 14.7. The molecule has 15 nitrogen and oxygen atoms in total. The zero-order chi connectivity index (χ0) is 42.9. The number of aromatic nitrogens is 1. The van der Waals surface area contributed by atoms with Gasteiger partial charge in [-0.15, -0.1) is 0 Å². The van der Waals surface area contributed by atoms with E-state index in [1.165, 1.54) is 12.1 Å². The van der Waals surface area contributed by atoms with Crippen molar-refractivity contribution in [2.24, 2.45) is 11.5 Å². The van der Waals surface area contributed by atoms with Gasteiger partial charge < -0.3 is 26.2 Å². The van der Waals surface area contributed by atoms with Crippen LogP contribution in [0.2, 0.25) is 0 Å². The first-order valence-electron chi connectivity index (χ1n) is 19.9. The van der Waals surface area contributed by atoms with Crippen molar-refractivity contribution in [3.05, 3.63) is 124 Å². The Hall–Kier alpha value is -6.39. The number of carbonyl (C=O) groups excluding carboxylic acids is 4. The van der Waals surface area contributed by atoms with Crippen molar-refractivity contribution < 1.29 is 43.4 Å². The van der Waals surface area contributed by atoms with E-state index in [4.69, 9.17) is 11.5 Å². The molecule has 8 N–H and O–H groups in total. The van der Waals surface area contributed by atoms with E-state index in [0.29, 0.717) is 78.1 Å². The molecule has 60 heavy (non-hydrogen) atoms. The van der Waals surface area contributed by atoms with Crippen LogP contribution in [0.1, 0.15) is 98.1 Å². The number of amides is 6. The Kier molecular flexibility index (Phi) is 9.70. The Bertz CT molecular complexity index is 2290.